The molecule has 0 spiro atoms. The summed E-state index contributed by atoms with van der Waals surface area (Å²) in [6.45, 7) is 5.43. The number of carbonyl (C=O) groups is 5. The fraction of sp³-hybridized carbons (Fsp3) is 0.522. The highest BCUT2D eigenvalue weighted by Crippen LogP contribution is 2.23. The van der Waals surface area contributed by atoms with E-state index in [0.717, 1.165) is 5.56 Å². The smallest absolute Gasteiger partial charge is 0.408 e. The first-order valence-corrected chi connectivity index (χ1v) is 11.0. The van der Waals surface area contributed by atoms with Crippen molar-refractivity contribution < 1.29 is 33.5 Å². The molecule has 0 aliphatic carbocycles. The van der Waals surface area contributed by atoms with Gasteiger partial charge in [0.1, 0.15) is 17.7 Å². The van der Waals surface area contributed by atoms with Crippen LogP contribution in [0.3, 0.4) is 0 Å². The first-order valence-electron chi connectivity index (χ1n) is 11.0. The lowest BCUT2D eigenvalue weighted by Crippen LogP contribution is -2.54. The number of carbonyl (C=O) groups excluding carboxylic acids is 5. The molecular formula is C23H29N3O7. The molecule has 178 valence electrons. The fourth-order valence-corrected chi connectivity index (χ4v) is 3.78. The zero-order chi connectivity index (χ0) is 24.2. The van der Waals surface area contributed by atoms with Crippen molar-refractivity contribution >= 4 is 29.8 Å². The maximum absolute atomic E-state index is 13.4. The Kier molecular flexibility index (Phi) is 7.35. The summed E-state index contributed by atoms with van der Waals surface area (Å²) in [5.41, 5.74) is 0.0673. The minimum Gasteiger partial charge on any atom is -0.444 e. The minimum atomic E-state index is -0.981. The molecule has 10 heteroatoms. The number of likely N-dealkylation sites (tertiary alicyclic amines) is 1. The maximum Gasteiger partial charge on any atom is 0.408 e. The van der Waals surface area contributed by atoms with Crippen molar-refractivity contribution in [3.63, 3.8) is 0 Å². The number of imide groups is 1. The number of nitrogens with zero attached hydrogens (tertiary/aromatic N) is 2. The SMILES string of the molecule is CC(C)(C)OC(=O)NC(Cc1ccccc1)C(=O)N1CCCC1C(=O)ON1C(=O)CCC1=O. The number of hydrogen-bond acceptors (Lipinski definition) is 7. The summed E-state index contributed by atoms with van der Waals surface area (Å²) >= 11 is 0. The van der Waals surface area contributed by atoms with E-state index in [1.165, 1.54) is 4.90 Å². The van der Waals surface area contributed by atoms with Gasteiger partial charge in [-0.05, 0) is 39.2 Å². The quantitative estimate of drug-likeness (QED) is 0.643. The van der Waals surface area contributed by atoms with Gasteiger partial charge in [-0.1, -0.05) is 30.3 Å². The van der Waals surface area contributed by atoms with Gasteiger partial charge in [0.05, 0.1) is 0 Å². The van der Waals surface area contributed by atoms with Gasteiger partial charge in [-0.15, -0.1) is 5.06 Å². The lowest BCUT2D eigenvalue weighted by molar-refractivity contribution is -0.200. The topological polar surface area (TPSA) is 122 Å². The van der Waals surface area contributed by atoms with Gasteiger partial charge < -0.3 is 19.8 Å². The number of ether oxygens (including phenoxy) is 1. The van der Waals surface area contributed by atoms with Gasteiger partial charge in [0.25, 0.3) is 11.8 Å². The second-order valence-electron chi connectivity index (χ2n) is 9.07. The fourth-order valence-electron chi connectivity index (χ4n) is 3.78. The molecule has 2 unspecified atom stereocenters. The lowest BCUT2D eigenvalue weighted by atomic mass is 10.0. The van der Waals surface area contributed by atoms with E-state index in [4.69, 9.17) is 9.57 Å². The van der Waals surface area contributed by atoms with E-state index in [0.29, 0.717) is 17.9 Å². The lowest BCUT2D eigenvalue weighted by Gasteiger charge is -2.29. The Morgan fingerprint density at radius 2 is 1.73 bits per heavy atom. The molecule has 1 aromatic carbocycles. The molecule has 1 N–H and O–H groups in total. The van der Waals surface area contributed by atoms with Crippen LogP contribution in [-0.2, 0) is 35.2 Å². The number of nitrogens with one attached hydrogen (secondary N) is 1. The van der Waals surface area contributed by atoms with Crippen LogP contribution in [0.4, 0.5) is 4.79 Å². The molecule has 33 heavy (non-hydrogen) atoms. The molecule has 3 rings (SSSR count). The number of hydrogen-bond donors (Lipinski definition) is 1. The predicted octanol–water partition coefficient (Wildman–Crippen LogP) is 1.72. The number of hydroxylamine groups is 2. The Hall–Kier alpha value is -3.43. The Morgan fingerprint density at radius 3 is 2.33 bits per heavy atom. The van der Waals surface area contributed by atoms with Crippen molar-refractivity contribution in [2.45, 2.75) is 70.6 Å². The molecule has 1 aromatic rings. The largest absolute Gasteiger partial charge is 0.444 e. The molecule has 2 aliphatic heterocycles. The molecule has 0 bridgehead atoms. The second kappa shape index (κ2) is 10.0. The highest BCUT2D eigenvalue weighted by Gasteiger charge is 2.42. The van der Waals surface area contributed by atoms with Crippen LogP contribution in [0.5, 0.6) is 0 Å². The molecule has 4 amide bonds. The Bertz CT molecular complexity index is 910. The summed E-state index contributed by atoms with van der Waals surface area (Å²) in [5, 5.41) is 3.10. The number of benzene rings is 1. The van der Waals surface area contributed by atoms with E-state index in [-0.39, 0.29) is 25.8 Å². The van der Waals surface area contributed by atoms with E-state index in [2.05, 4.69) is 5.32 Å². The molecule has 2 atom stereocenters. The normalized spacial score (nSPS) is 19.4. The molecule has 2 saturated heterocycles. The van der Waals surface area contributed by atoms with Gasteiger partial charge in [-0.2, -0.15) is 0 Å². The highest BCUT2D eigenvalue weighted by atomic mass is 16.7. The minimum absolute atomic E-state index is 0.0155. The molecule has 10 nitrogen and oxygen atoms in total. The molecule has 2 heterocycles. The molecular weight excluding hydrogens is 430 g/mol. The van der Waals surface area contributed by atoms with Crippen molar-refractivity contribution in [3.05, 3.63) is 35.9 Å². The van der Waals surface area contributed by atoms with Crippen LogP contribution >= 0.6 is 0 Å². The molecule has 2 aliphatic rings. The average Bonchev–Trinajstić information content (AvgIpc) is 3.35. The van der Waals surface area contributed by atoms with E-state index in [1.807, 2.05) is 30.3 Å². The molecule has 0 saturated carbocycles. The van der Waals surface area contributed by atoms with Crippen molar-refractivity contribution in [1.29, 1.82) is 0 Å². The predicted molar refractivity (Wildman–Crippen MR) is 115 cm³/mol. The first-order chi connectivity index (χ1) is 15.5. The third kappa shape index (κ3) is 6.30. The molecule has 2 fully saturated rings. The van der Waals surface area contributed by atoms with Crippen molar-refractivity contribution in [1.82, 2.24) is 15.3 Å². The van der Waals surface area contributed by atoms with Crippen LogP contribution in [0.15, 0.2) is 30.3 Å². The van der Waals surface area contributed by atoms with E-state index in [9.17, 15) is 24.0 Å². The zero-order valence-corrected chi connectivity index (χ0v) is 19.0. The summed E-state index contributed by atoms with van der Waals surface area (Å²) in [7, 11) is 0. The van der Waals surface area contributed by atoms with Crippen LogP contribution in [0.25, 0.3) is 0 Å². The van der Waals surface area contributed by atoms with Gasteiger partial charge in [0.2, 0.25) is 5.91 Å². The maximum atomic E-state index is 13.4. The number of alkyl carbamates (subject to hydrolysis) is 1. The van der Waals surface area contributed by atoms with Crippen LogP contribution in [0.2, 0.25) is 0 Å². The molecule has 0 radical (unpaired) electrons. The van der Waals surface area contributed by atoms with Crippen LogP contribution in [0, 0.1) is 0 Å². The summed E-state index contributed by atoms with van der Waals surface area (Å²) in [6, 6.07) is 7.21. The van der Waals surface area contributed by atoms with Gasteiger partial charge in [-0.25, -0.2) is 9.59 Å². The van der Waals surface area contributed by atoms with Gasteiger partial charge in [-0.3, -0.25) is 14.4 Å². The van der Waals surface area contributed by atoms with Crippen LogP contribution < -0.4 is 5.32 Å². The Balaban J connectivity index is 1.75. The first kappa shape index (κ1) is 24.2. The Morgan fingerprint density at radius 1 is 1.09 bits per heavy atom. The van der Waals surface area contributed by atoms with Gasteiger partial charge in [0, 0.05) is 25.8 Å². The third-order valence-electron chi connectivity index (χ3n) is 5.27. The number of rotatable bonds is 6. The summed E-state index contributed by atoms with van der Waals surface area (Å²) < 4.78 is 5.31. The van der Waals surface area contributed by atoms with Gasteiger partial charge >= 0.3 is 12.1 Å². The van der Waals surface area contributed by atoms with E-state index in [1.54, 1.807) is 20.8 Å². The monoisotopic (exact) mass is 459 g/mol. The average molecular weight is 459 g/mol. The van der Waals surface area contributed by atoms with Crippen LogP contribution in [0.1, 0.15) is 52.0 Å². The Labute approximate surface area is 192 Å². The number of amides is 4. The van der Waals surface area contributed by atoms with Gasteiger partial charge in [0.15, 0.2) is 0 Å². The summed E-state index contributed by atoms with van der Waals surface area (Å²) in [6.07, 6.45) is 0.281. The highest BCUT2D eigenvalue weighted by molar-refractivity contribution is 6.02. The zero-order valence-electron chi connectivity index (χ0n) is 19.0. The summed E-state index contributed by atoms with van der Waals surface area (Å²) in [4.78, 5) is 68.5. The summed E-state index contributed by atoms with van der Waals surface area (Å²) in [5.74, 6) is -2.49. The van der Waals surface area contributed by atoms with Crippen LogP contribution in [-0.4, -0.2) is 64.0 Å². The second-order valence-corrected chi connectivity index (χ2v) is 9.07. The van der Waals surface area contributed by atoms with E-state index >= 15 is 0 Å². The van der Waals surface area contributed by atoms with Crippen molar-refractivity contribution in [2.24, 2.45) is 0 Å². The van der Waals surface area contributed by atoms with E-state index < -0.39 is 47.5 Å². The van der Waals surface area contributed by atoms with Crippen molar-refractivity contribution in [2.75, 3.05) is 6.54 Å². The van der Waals surface area contributed by atoms with Crippen molar-refractivity contribution in [3.8, 4) is 0 Å². The standard InChI is InChI=1S/C23H29N3O7/c1-23(2,3)32-22(31)24-16(14-15-8-5-4-6-9-15)20(29)25-13-7-10-17(25)21(30)33-26-18(27)11-12-19(26)28/h4-6,8-9,16-17H,7,10-14H2,1-3H3,(H,24,31). The third-order valence-corrected chi connectivity index (χ3v) is 5.27. The molecule has 0 aromatic heterocycles.